The number of fused-ring (bicyclic) bond motifs is 1. The molecule has 0 aromatic heterocycles. The van der Waals surface area contributed by atoms with E-state index in [0.29, 0.717) is 45.2 Å². The van der Waals surface area contributed by atoms with E-state index >= 15 is 0 Å². The lowest BCUT2D eigenvalue weighted by atomic mass is 9.84. The van der Waals surface area contributed by atoms with E-state index in [1.165, 1.54) is 6.92 Å². The number of primary amides is 1. The molecule has 15 heteroatoms. The Labute approximate surface area is 289 Å². The largest absolute Gasteiger partial charge is 0.370 e. The molecule has 7 atom stereocenters. The minimum Gasteiger partial charge on any atom is -0.370 e. The number of benzene rings is 1. The molecule has 14 nitrogen and oxygen atoms in total. The Balaban J connectivity index is 1.40. The predicted molar refractivity (Wildman–Crippen MR) is 185 cm³/mol. The molecular weight excluding hydrogens is 717 g/mol. The van der Waals surface area contributed by atoms with Gasteiger partial charge in [0, 0.05) is 29.1 Å². The van der Waals surface area contributed by atoms with Crippen molar-refractivity contribution in [2.75, 3.05) is 13.1 Å². The highest BCUT2D eigenvalue weighted by molar-refractivity contribution is 14.1. The molecular formula is C32H48IN9O5. The summed E-state index contributed by atoms with van der Waals surface area (Å²) in [4.78, 5) is 73.8. The predicted octanol–water partition coefficient (Wildman–Crippen LogP) is -0.160. The second-order valence-corrected chi connectivity index (χ2v) is 14.1. The summed E-state index contributed by atoms with van der Waals surface area (Å²) in [5.74, 6) is -2.05. The van der Waals surface area contributed by atoms with Crippen LogP contribution in [0.2, 0.25) is 0 Å². The number of halogens is 1. The molecule has 258 valence electrons. The lowest BCUT2D eigenvalue weighted by molar-refractivity contribution is -0.149. The van der Waals surface area contributed by atoms with E-state index in [9.17, 15) is 24.0 Å². The van der Waals surface area contributed by atoms with Crippen LogP contribution in [0.5, 0.6) is 0 Å². The molecule has 2 saturated heterocycles. The van der Waals surface area contributed by atoms with Crippen molar-refractivity contribution in [3.8, 4) is 0 Å². The fourth-order valence-corrected chi connectivity index (χ4v) is 7.44. The fraction of sp³-hybridized carbons (Fsp3) is 0.625. The zero-order chi connectivity index (χ0) is 34.2. The highest BCUT2D eigenvalue weighted by Gasteiger charge is 2.51. The van der Waals surface area contributed by atoms with Crippen LogP contribution in [0.3, 0.4) is 0 Å². The minimum absolute atomic E-state index is 0.0212. The first-order chi connectivity index (χ1) is 22.4. The van der Waals surface area contributed by atoms with Crippen molar-refractivity contribution in [2.45, 2.75) is 107 Å². The van der Waals surface area contributed by atoms with Gasteiger partial charge in [0.05, 0.1) is 6.04 Å². The van der Waals surface area contributed by atoms with Crippen molar-refractivity contribution in [3.05, 3.63) is 33.4 Å². The molecule has 0 unspecified atom stereocenters. The summed E-state index contributed by atoms with van der Waals surface area (Å²) < 4.78 is 1.03. The summed E-state index contributed by atoms with van der Waals surface area (Å²) in [6.07, 6.45) is 6.46. The number of likely N-dealkylation sites (tertiary alicyclic amines) is 2. The topological polar surface area (TPSA) is 232 Å². The van der Waals surface area contributed by atoms with E-state index in [2.05, 4.69) is 38.2 Å². The molecule has 10 N–H and O–H groups in total. The standard InChI is InChI=1S/C32H48IN9O5/c1-18(28(44)40-23(27(35)43)16-19-10-12-21(33)13-11-19)39-29(45)25-9-5-15-41(25)31(47)26-17-20-6-2-3-8-24(20)42(26)30(46)22(34)7-4-14-38-32(36)37/h10-13,18,20,22-26H,2-9,14-17,34H2,1H3,(H2,35,43)(H,39,45)(H,40,44)(H4,36,37,38)/t18-,20+,22-,23+,24+,25+,26+/m1/s1. The molecule has 1 aliphatic carbocycles. The van der Waals surface area contributed by atoms with Crippen molar-refractivity contribution in [1.29, 1.82) is 0 Å². The Hall–Kier alpha value is -3.47. The first-order valence-electron chi connectivity index (χ1n) is 16.5. The minimum atomic E-state index is -0.983. The normalized spacial score (nSPS) is 24.1. The Bertz CT molecular complexity index is 1340. The smallest absolute Gasteiger partial charge is 0.246 e. The summed E-state index contributed by atoms with van der Waals surface area (Å²) in [5.41, 5.74) is 23.6. The molecule has 0 spiro atoms. The number of amides is 5. The second-order valence-electron chi connectivity index (χ2n) is 12.9. The quantitative estimate of drug-likeness (QED) is 0.0682. The number of aliphatic imine (C=N–C) groups is 1. The van der Waals surface area contributed by atoms with E-state index in [0.717, 1.165) is 34.8 Å². The Morgan fingerprint density at radius 3 is 2.36 bits per heavy atom. The van der Waals surface area contributed by atoms with Crippen molar-refractivity contribution >= 4 is 58.1 Å². The zero-order valence-electron chi connectivity index (χ0n) is 26.9. The van der Waals surface area contributed by atoms with Gasteiger partial charge in [-0.3, -0.25) is 29.0 Å². The Kier molecular flexibility index (Phi) is 12.8. The van der Waals surface area contributed by atoms with Gasteiger partial charge in [-0.2, -0.15) is 0 Å². The van der Waals surface area contributed by atoms with Gasteiger partial charge in [0.25, 0.3) is 0 Å². The fourth-order valence-electron chi connectivity index (χ4n) is 7.08. The van der Waals surface area contributed by atoms with Gasteiger partial charge >= 0.3 is 0 Å². The van der Waals surface area contributed by atoms with Crippen LogP contribution in [-0.4, -0.2) is 94.6 Å². The molecule has 0 bridgehead atoms. The summed E-state index contributed by atoms with van der Waals surface area (Å²) in [5, 5.41) is 5.37. The molecule has 5 amide bonds. The molecule has 4 rings (SSSR count). The summed E-state index contributed by atoms with van der Waals surface area (Å²) in [7, 11) is 0. The number of carbonyl (C=O) groups excluding carboxylic acids is 5. The number of nitrogens with two attached hydrogens (primary N) is 4. The number of carbonyl (C=O) groups is 5. The maximum atomic E-state index is 14.1. The van der Waals surface area contributed by atoms with Gasteiger partial charge in [-0.25, -0.2) is 0 Å². The summed E-state index contributed by atoms with van der Waals surface area (Å²) in [6, 6.07) is 3.21. The highest BCUT2D eigenvalue weighted by Crippen LogP contribution is 2.41. The number of rotatable bonds is 13. The van der Waals surface area contributed by atoms with E-state index in [1.54, 1.807) is 9.80 Å². The molecule has 0 radical (unpaired) electrons. The van der Waals surface area contributed by atoms with Gasteiger partial charge in [0.2, 0.25) is 29.5 Å². The van der Waals surface area contributed by atoms with Crippen LogP contribution in [0.4, 0.5) is 0 Å². The van der Waals surface area contributed by atoms with Gasteiger partial charge < -0.3 is 43.4 Å². The van der Waals surface area contributed by atoms with Crippen LogP contribution >= 0.6 is 22.6 Å². The number of guanidine groups is 1. The van der Waals surface area contributed by atoms with E-state index in [-0.39, 0.29) is 36.2 Å². The zero-order valence-corrected chi connectivity index (χ0v) is 29.1. The summed E-state index contributed by atoms with van der Waals surface area (Å²) in [6.45, 7) is 2.25. The van der Waals surface area contributed by atoms with Crippen molar-refractivity contribution in [2.24, 2.45) is 33.8 Å². The number of hydrogen-bond acceptors (Lipinski definition) is 7. The molecule has 2 heterocycles. The SMILES string of the molecule is C[C@@H](NC(=O)[C@@H]1CCCN1C(=O)[C@@H]1C[C@@H]2CCCC[C@@H]2N1C(=O)[C@H](N)CCCN=C(N)N)C(=O)N[C@@H](Cc1ccc(I)cc1)C(N)=O. The van der Waals surface area contributed by atoms with Crippen molar-refractivity contribution in [1.82, 2.24) is 20.4 Å². The molecule has 1 aromatic rings. The molecule has 2 aliphatic heterocycles. The number of nitrogens with zero attached hydrogens (tertiary/aromatic N) is 3. The van der Waals surface area contributed by atoms with Crippen LogP contribution in [0, 0.1) is 9.49 Å². The second kappa shape index (κ2) is 16.6. The van der Waals surface area contributed by atoms with Crippen LogP contribution in [0.1, 0.15) is 70.3 Å². The lowest BCUT2D eigenvalue weighted by Gasteiger charge is -2.37. The van der Waals surface area contributed by atoms with Gasteiger partial charge in [-0.1, -0.05) is 25.0 Å². The lowest BCUT2D eigenvalue weighted by Crippen LogP contribution is -2.58. The van der Waals surface area contributed by atoms with E-state index in [1.807, 2.05) is 24.3 Å². The molecule has 3 aliphatic rings. The van der Waals surface area contributed by atoms with Crippen LogP contribution < -0.4 is 33.6 Å². The van der Waals surface area contributed by atoms with Crippen LogP contribution in [-0.2, 0) is 30.4 Å². The van der Waals surface area contributed by atoms with Crippen LogP contribution in [0.15, 0.2) is 29.3 Å². The third-order valence-corrected chi connectivity index (χ3v) is 10.2. The Morgan fingerprint density at radius 1 is 0.979 bits per heavy atom. The molecule has 3 fully saturated rings. The first-order valence-corrected chi connectivity index (χ1v) is 17.5. The highest BCUT2D eigenvalue weighted by atomic mass is 127. The first kappa shape index (κ1) is 36.4. The van der Waals surface area contributed by atoms with E-state index < -0.39 is 47.9 Å². The Morgan fingerprint density at radius 2 is 1.68 bits per heavy atom. The van der Waals surface area contributed by atoms with Crippen LogP contribution in [0.25, 0.3) is 0 Å². The monoisotopic (exact) mass is 765 g/mol. The molecule has 47 heavy (non-hydrogen) atoms. The van der Waals surface area contributed by atoms with Gasteiger partial charge in [0.1, 0.15) is 24.2 Å². The van der Waals surface area contributed by atoms with Gasteiger partial charge in [-0.05, 0) is 98.1 Å². The van der Waals surface area contributed by atoms with E-state index in [4.69, 9.17) is 22.9 Å². The third-order valence-electron chi connectivity index (χ3n) is 9.52. The molecule has 1 aromatic carbocycles. The average molecular weight is 766 g/mol. The maximum Gasteiger partial charge on any atom is 0.246 e. The van der Waals surface area contributed by atoms with Gasteiger partial charge in [-0.15, -0.1) is 0 Å². The maximum absolute atomic E-state index is 14.1. The van der Waals surface area contributed by atoms with Crippen molar-refractivity contribution < 1.29 is 24.0 Å². The third kappa shape index (κ3) is 9.33. The molecule has 1 saturated carbocycles. The summed E-state index contributed by atoms with van der Waals surface area (Å²) >= 11 is 2.18. The average Bonchev–Trinajstić information content (AvgIpc) is 3.68. The van der Waals surface area contributed by atoms with Gasteiger partial charge in [0.15, 0.2) is 5.96 Å². The van der Waals surface area contributed by atoms with Crippen molar-refractivity contribution in [3.63, 3.8) is 0 Å². The number of nitrogens with one attached hydrogen (secondary N) is 2. The number of hydrogen-bond donors (Lipinski definition) is 6.